The fourth-order valence-electron chi connectivity index (χ4n) is 3.14. The van der Waals surface area contributed by atoms with Gasteiger partial charge in [-0.2, -0.15) is 0 Å². The Morgan fingerprint density at radius 1 is 1.04 bits per heavy atom. The molecule has 1 fully saturated rings. The first-order valence-corrected chi connectivity index (χ1v) is 8.36. The van der Waals surface area contributed by atoms with Crippen LogP contribution in [-0.2, 0) is 11.3 Å². The highest BCUT2D eigenvalue weighted by Crippen LogP contribution is 2.19. The van der Waals surface area contributed by atoms with Crippen molar-refractivity contribution < 1.29 is 9.53 Å². The number of piperazine rings is 1. The average molecular weight is 324 g/mol. The molecule has 1 heterocycles. The van der Waals surface area contributed by atoms with Crippen molar-refractivity contribution in [2.24, 2.45) is 0 Å². The molecular weight excluding hydrogens is 300 g/mol. The van der Waals surface area contributed by atoms with Crippen LogP contribution >= 0.6 is 0 Å². The second-order valence-electron chi connectivity index (χ2n) is 6.25. The molecule has 0 bridgehead atoms. The third-order valence-electron chi connectivity index (χ3n) is 4.42. The van der Waals surface area contributed by atoms with E-state index < -0.39 is 0 Å². The van der Waals surface area contributed by atoms with Gasteiger partial charge in [0.2, 0.25) is 0 Å². The Morgan fingerprint density at radius 3 is 2.50 bits per heavy atom. The van der Waals surface area contributed by atoms with Crippen molar-refractivity contribution in [2.75, 3.05) is 38.2 Å². The standard InChI is InChI=1S/C20H24N2O2/c1-16-5-3-8-19(13-16)21-9-11-22(12-10-21)20(23)18-7-4-6-17(14-18)15-24-2/h3-8,13-14H,9-12,15H2,1-2H3. The first kappa shape index (κ1) is 16.5. The highest BCUT2D eigenvalue weighted by atomic mass is 16.5. The summed E-state index contributed by atoms with van der Waals surface area (Å²) in [6, 6.07) is 16.2. The minimum absolute atomic E-state index is 0.108. The lowest BCUT2D eigenvalue weighted by atomic mass is 10.1. The summed E-state index contributed by atoms with van der Waals surface area (Å²) in [6.45, 7) is 5.88. The number of aryl methyl sites for hydroxylation is 1. The molecule has 3 rings (SSSR count). The van der Waals surface area contributed by atoms with Gasteiger partial charge in [-0.05, 0) is 42.3 Å². The number of rotatable bonds is 4. The Bertz CT molecular complexity index is 706. The van der Waals surface area contributed by atoms with E-state index in [1.807, 2.05) is 29.2 Å². The number of methoxy groups -OCH3 is 1. The fraction of sp³-hybridized carbons (Fsp3) is 0.350. The molecular formula is C20H24N2O2. The molecule has 126 valence electrons. The quantitative estimate of drug-likeness (QED) is 0.866. The molecule has 0 spiro atoms. The van der Waals surface area contributed by atoms with Gasteiger partial charge in [-0.25, -0.2) is 0 Å². The van der Waals surface area contributed by atoms with Crippen LogP contribution in [0.4, 0.5) is 5.69 Å². The third kappa shape index (κ3) is 3.77. The van der Waals surface area contributed by atoms with Gasteiger partial charge >= 0.3 is 0 Å². The van der Waals surface area contributed by atoms with Crippen LogP contribution in [0, 0.1) is 6.92 Å². The number of amides is 1. The van der Waals surface area contributed by atoms with E-state index in [9.17, 15) is 4.79 Å². The molecule has 24 heavy (non-hydrogen) atoms. The zero-order chi connectivity index (χ0) is 16.9. The predicted molar refractivity (Wildman–Crippen MR) is 96.5 cm³/mol. The molecule has 2 aromatic carbocycles. The summed E-state index contributed by atoms with van der Waals surface area (Å²) < 4.78 is 5.15. The number of benzene rings is 2. The molecule has 0 aliphatic carbocycles. The highest BCUT2D eigenvalue weighted by molar-refractivity contribution is 5.94. The second-order valence-corrected chi connectivity index (χ2v) is 6.25. The van der Waals surface area contributed by atoms with E-state index in [1.165, 1.54) is 11.3 Å². The number of nitrogens with zero attached hydrogens (tertiary/aromatic N) is 2. The molecule has 1 aliphatic heterocycles. The first-order chi connectivity index (χ1) is 11.7. The van der Waals surface area contributed by atoms with Crippen molar-refractivity contribution in [1.29, 1.82) is 0 Å². The number of anilines is 1. The molecule has 0 N–H and O–H groups in total. The van der Waals surface area contributed by atoms with Gasteiger partial charge in [-0.1, -0.05) is 24.3 Å². The molecule has 4 heteroatoms. The molecule has 4 nitrogen and oxygen atoms in total. The molecule has 0 radical (unpaired) electrons. The van der Waals surface area contributed by atoms with E-state index in [4.69, 9.17) is 4.74 Å². The number of carbonyl (C=O) groups is 1. The summed E-state index contributed by atoms with van der Waals surface area (Å²) in [5.74, 6) is 0.108. The van der Waals surface area contributed by atoms with Crippen LogP contribution in [0.5, 0.6) is 0 Å². The normalized spacial score (nSPS) is 14.8. The summed E-state index contributed by atoms with van der Waals surface area (Å²) in [6.07, 6.45) is 0. The smallest absolute Gasteiger partial charge is 0.253 e. The Hall–Kier alpha value is -2.33. The molecule has 0 saturated carbocycles. The Kier molecular flexibility index (Phi) is 5.16. The van der Waals surface area contributed by atoms with Crippen LogP contribution in [0.15, 0.2) is 48.5 Å². The summed E-state index contributed by atoms with van der Waals surface area (Å²) in [5, 5.41) is 0. The minimum atomic E-state index is 0.108. The lowest BCUT2D eigenvalue weighted by molar-refractivity contribution is 0.0746. The van der Waals surface area contributed by atoms with Crippen LogP contribution in [0.1, 0.15) is 21.5 Å². The Labute approximate surface area is 143 Å². The number of hydrogen-bond acceptors (Lipinski definition) is 3. The summed E-state index contributed by atoms with van der Waals surface area (Å²) >= 11 is 0. The van der Waals surface area contributed by atoms with Gasteiger partial charge in [0.05, 0.1) is 6.61 Å². The maximum absolute atomic E-state index is 12.7. The summed E-state index contributed by atoms with van der Waals surface area (Å²) in [7, 11) is 1.67. The Morgan fingerprint density at radius 2 is 1.79 bits per heavy atom. The molecule has 0 unspecified atom stereocenters. The van der Waals surface area contributed by atoms with Crippen molar-refractivity contribution in [3.8, 4) is 0 Å². The van der Waals surface area contributed by atoms with E-state index in [2.05, 4.69) is 36.1 Å². The van der Waals surface area contributed by atoms with E-state index in [0.29, 0.717) is 6.61 Å². The maximum atomic E-state index is 12.7. The first-order valence-electron chi connectivity index (χ1n) is 8.36. The summed E-state index contributed by atoms with van der Waals surface area (Å²) in [4.78, 5) is 17.0. The van der Waals surface area contributed by atoms with E-state index in [1.54, 1.807) is 7.11 Å². The lowest BCUT2D eigenvalue weighted by Gasteiger charge is -2.36. The zero-order valence-electron chi connectivity index (χ0n) is 14.4. The monoisotopic (exact) mass is 324 g/mol. The average Bonchev–Trinajstić information content (AvgIpc) is 2.62. The molecule has 2 aromatic rings. The summed E-state index contributed by atoms with van der Waals surface area (Å²) in [5.41, 5.74) is 4.28. The van der Waals surface area contributed by atoms with Crippen LogP contribution in [0.25, 0.3) is 0 Å². The number of carbonyl (C=O) groups excluding carboxylic acids is 1. The van der Waals surface area contributed by atoms with Gasteiger partial charge in [-0.3, -0.25) is 4.79 Å². The minimum Gasteiger partial charge on any atom is -0.380 e. The van der Waals surface area contributed by atoms with Gasteiger partial charge in [0.25, 0.3) is 5.91 Å². The van der Waals surface area contributed by atoms with Gasteiger partial charge in [0.1, 0.15) is 0 Å². The van der Waals surface area contributed by atoms with Gasteiger partial charge in [0.15, 0.2) is 0 Å². The van der Waals surface area contributed by atoms with E-state index in [0.717, 1.165) is 37.3 Å². The largest absolute Gasteiger partial charge is 0.380 e. The van der Waals surface area contributed by atoms with Gasteiger partial charge in [0, 0.05) is 44.5 Å². The van der Waals surface area contributed by atoms with E-state index in [-0.39, 0.29) is 5.91 Å². The van der Waals surface area contributed by atoms with Gasteiger partial charge < -0.3 is 14.5 Å². The van der Waals surface area contributed by atoms with Crippen LogP contribution < -0.4 is 4.90 Å². The molecule has 0 atom stereocenters. The lowest BCUT2D eigenvalue weighted by Crippen LogP contribution is -2.48. The predicted octanol–water partition coefficient (Wildman–Crippen LogP) is 3.10. The van der Waals surface area contributed by atoms with Crippen molar-refractivity contribution in [2.45, 2.75) is 13.5 Å². The van der Waals surface area contributed by atoms with Crippen molar-refractivity contribution in [3.63, 3.8) is 0 Å². The maximum Gasteiger partial charge on any atom is 0.253 e. The SMILES string of the molecule is COCc1cccc(C(=O)N2CCN(c3cccc(C)c3)CC2)c1. The van der Waals surface area contributed by atoms with Crippen molar-refractivity contribution in [1.82, 2.24) is 4.90 Å². The second kappa shape index (κ2) is 7.49. The Balaban J connectivity index is 1.64. The number of hydrogen-bond donors (Lipinski definition) is 0. The molecule has 1 amide bonds. The topological polar surface area (TPSA) is 32.8 Å². The van der Waals surface area contributed by atoms with Crippen LogP contribution in [-0.4, -0.2) is 44.1 Å². The van der Waals surface area contributed by atoms with Crippen LogP contribution in [0.3, 0.4) is 0 Å². The van der Waals surface area contributed by atoms with Gasteiger partial charge in [-0.15, -0.1) is 0 Å². The fourth-order valence-corrected chi connectivity index (χ4v) is 3.14. The number of ether oxygens (including phenoxy) is 1. The third-order valence-corrected chi connectivity index (χ3v) is 4.42. The molecule has 1 saturated heterocycles. The van der Waals surface area contributed by atoms with Crippen molar-refractivity contribution >= 4 is 11.6 Å². The highest BCUT2D eigenvalue weighted by Gasteiger charge is 2.22. The van der Waals surface area contributed by atoms with Crippen LogP contribution in [0.2, 0.25) is 0 Å². The molecule has 1 aliphatic rings. The molecule has 0 aromatic heterocycles. The van der Waals surface area contributed by atoms with Crippen molar-refractivity contribution in [3.05, 3.63) is 65.2 Å². The zero-order valence-corrected chi connectivity index (χ0v) is 14.4. The van der Waals surface area contributed by atoms with E-state index >= 15 is 0 Å².